The fraction of sp³-hybridized carbons (Fsp3) is 0.550. The molecule has 4 heterocycles. The lowest BCUT2D eigenvalue weighted by atomic mass is 9.95. The quantitative estimate of drug-likeness (QED) is 0.635. The molecule has 1 fully saturated rings. The van der Waals surface area contributed by atoms with Crippen LogP contribution >= 0.6 is 23.3 Å². The monoisotopic (exact) mass is 471 g/mol. The Balaban J connectivity index is 1.69. The molecule has 2 N–H and O–H groups in total. The van der Waals surface area contributed by atoms with Crippen LogP contribution in [0.4, 0.5) is 19.1 Å². The summed E-state index contributed by atoms with van der Waals surface area (Å²) in [6, 6.07) is 1.58. The topological polar surface area (TPSA) is 70.2 Å². The Morgan fingerprint density at radius 2 is 2.13 bits per heavy atom. The van der Waals surface area contributed by atoms with Crippen molar-refractivity contribution in [3.63, 3.8) is 0 Å². The number of fused-ring (bicyclic) bond motifs is 1. The van der Waals surface area contributed by atoms with Crippen LogP contribution in [0.2, 0.25) is 0 Å². The number of aromatic nitrogens is 2. The highest BCUT2D eigenvalue weighted by Gasteiger charge is 2.40. The lowest BCUT2D eigenvalue weighted by molar-refractivity contribution is -0.137. The first-order valence-corrected chi connectivity index (χ1v) is 12.0. The maximum absolute atomic E-state index is 13.7. The number of carbonyl (C=O) groups is 1. The second-order valence-electron chi connectivity index (χ2n) is 8.47. The van der Waals surface area contributed by atoms with Gasteiger partial charge in [-0.3, -0.25) is 9.10 Å². The summed E-state index contributed by atoms with van der Waals surface area (Å²) in [7, 11) is 0. The molecule has 0 spiro atoms. The molecule has 1 amide bonds. The van der Waals surface area contributed by atoms with E-state index in [1.54, 1.807) is 11.9 Å². The third-order valence-electron chi connectivity index (χ3n) is 5.74. The minimum absolute atomic E-state index is 0.0750. The molecule has 2 aromatic rings. The lowest BCUT2D eigenvalue weighted by Gasteiger charge is -2.35. The van der Waals surface area contributed by atoms with Gasteiger partial charge in [-0.15, -0.1) is 11.3 Å². The number of thiophene rings is 1. The molecular formula is C20H24F3N5OS2. The highest BCUT2D eigenvalue weighted by Crippen LogP contribution is 2.44. The van der Waals surface area contributed by atoms with Crippen LogP contribution in [-0.2, 0) is 11.7 Å². The van der Waals surface area contributed by atoms with Crippen molar-refractivity contribution in [1.82, 2.24) is 19.6 Å². The fourth-order valence-corrected chi connectivity index (χ4v) is 5.94. The van der Waals surface area contributed by atoms with Crippen molar-refractivity contribution in [2.75, 3.05) is 24.7 Å². The van der Waals surface area contributed by atoms with Crippen molar-refractivity contribution in [2.24, 2.45) is 5.92 Å². The predicted octanol–water partition coefficient (Wildman–Crippen LogP) is 4.60. The Morgan fingerprint density at radius 3 is 2.74 bits per heavy atom. The predicted molar refractivity (Wildman–Crippen MR) is 117 cm³/mol. The highest BCUT2D eigenvalue weighted by molar-refractivity contribution is 7.96. The van der Waals surface area contributed by atoms with Crippen molar-refractivity contribution < 1.29 is 18.0 Å². The van der Waals surface area contributed by atoms with Crippen LogP contribution in [0.25, 0.3) is 10.6 Å². The van der Waals surface area contributed by atoms with Crippen LogP contribution in [-0.4, -0.2) is 45.6 Å². The molecular weight excluding hydrogens is 447 g/mol. The SMILES string of the molecule is CSN1CCC(Nc2ncc(C(F)(F)F)c(-c3cc4c(s3)C(C)(C)NC4=O)n2)C(C)C1. The van der Waals surface area contributed by atoms with E-state index >= 15 is 0 Å². The minimum Gasteiger partial charge on any atom is -0.351 e. The van der Waals surface area contributed by atoms with E-state index < -0.39 is 17.3 Å². The minimum atomic E-state index is -4.60. The number of rotatable bonds is 4. The summed E-state index contributed by atoms with van der Waals surface area (Å²) in [4.78, 5) is 21.5. The Kier molecular flexibility index (Phi) is 5.72. The average Bonchev–Trinajstić information content (AvgIpc) is 3.22. The fourth-order valence-electron chi connectivity index (χ4n) is 4.05. The Hall–Kier alpha value is -1.85. The summed E-state index contributed by atoms with van der Waals surface area (Å²) in [5.74, 6) is 0.193. The van der Waals surface area contributed by atoms with Crippen LogP contribution in [0, 0.1) is 5.92 Å². The molecule has 1 saturated heterocycles. The number of hydrogen-bond donors (Lipinski definition) is 2. The van der Waals surface area contributed by atoms with Gasteiger partial charge in [-0.1, -0.05) is 18.9 Å². The molecule has 2 aromatic heterocycles. The molecule has 0 radical (unpaired) electrons. The van der Waals surface area contributed by atoms with E-state index in [1.807, 2.05) is 20.1 Å². The van der Waals surface area contributed by atoms with Gasteiger partial charge in [-0.25, -0.2) is 9.97 Å². The molecule has 0 saturated carbocycles. The number of piperidine rings is 1. The van der Waals surface area contributed by atoms with Crippen molar-refractivity contribution in [3.8, 4) is 10.6 Å². The van der Waals surface area contributed by atoms with E-state index in [0.717, 1.165) is 37.0 Å². The summed E-state index contributed by atoms with van der Waals surface area (Å²) >= 11 is 2.86. The Bertz CT molecular complexity index is 1010. The van der Waals surface area contributed by atoms with E-state index in [1.165, 1.54) is 6.07 Å². The van der Waals surface area contributed by atoms with E-state index in [-0.39, 0.29) is 23.6 Å². The van der Waals surface area contributed by atoms with Gasteiger partial charge in [0.05, 0.1) is 21.7 Å². The number of carbonyl (C=O) groups excluding carboxylic acids is 1. The molecule has 4 rings (SSSR count). The summed E-state index contributed by atoms with van der Waals surface area (Å²) < 4.78 is 43.4. The molecule has 0 bridgehead atoms. The zero-order valence-corrected chi connectivity index (χ0v) is 19.3. The van der Waals surface area contributed by atoms with Crippen molar-refractivity contribution in [3.05, 3.63) is 28.3 Å². The molecule has 11 heteroatoms. The first-order valence-electron chi connectivity index (χ1n) is 9.96. The largest absolute Gasteiger partial charge is 0.420 e. The maximum Gasteiger partial charge on any atom is 0.420 e. The summed E-state index contributed by atoms with van der Waals surface area (Å²) in [6.07, 6.45) is -0.880. The number of alkyl halides is 3. The number of amides is 1. The van der Waals surface area contributed by atoms with Gasteiger partial charge >= 0.3 is 6.18 Å². The average molecular weight is 472 g/mol. The third-order valence-corrected chi connectivity index (χ3v) is 8.05. The van der Waals surface area contributed by atoms with Crippen LogP contribution in [0.3, 0.4) is 0 Å². The van der Waals surface area contributed by atoms with Crippen LogP contribution in [0.15, 0.2) is 12.3 Å². The molecule has 2 aliphatic heterocycles. The normalized spacial score (nSPS) is 23.5. The zero-order chi connectivity index (χ0) is 22.6. The molecule has 0 aliphatic carbocycles. The first kappa shape index (κ1) is 22.3. The summed E-state index contributed by atoms with van der Waals surface area (Å²) in [5, 5.41) is 6.08. The van der Waals surface area contributed by atoms with E-state index in [9.17, 15) is 18.0 Å². The Labute approximate surface area is 187 Å². The molecule has 2 unspecified atom stereocenters. The molecule has 31 heavy (non-hydrogen) atoms. The Morgan fingerprint density at radius 1 is 1.39 bits per heavy atom. The van der Waals surface area contributed by atoms with Gasteiger partial charge < -0.3 is 10.6 Å². The molecule has 6 nitrogen and oxygen atoms in total. The second-order valence-corrected chi connectivity index (χ2v) is 10.4. The number of anilines is 1. The molecule has 0 aromatic carbocycles. The number of hydrogen-bond acceptors (Lipinski definition) is 7. The number of nitrogens with zero attached hydrogens (tertiary/aromatic N) is 3. The van der Waals surface area contributed by atoms with E-state index in [2.05, 4.69) is 31.8 Å². The zero-order valence-electron chi connectivity index (χ0n) is 17.6. The number of halogens is 3. The van der Waals surface area contributed by atoms with Gasteiger partial charge in [0.15, 0.2) is 0 Å². The van der Waals surface area contributed by atoms with Gasteiger partial charge in [0, 0.05) is 30.2 Å². The number of nitrogens with one attached hydrogen (secondary N) is 2. The second kappa shape index (κ2) is 7.93. The standard InChI is InChI=1S/C20H24F3N5OS2/c1-10-9-28(30-4)6-5-13(10)25-18-24-8-12(20(21,22)23)15(26-18)14-7-11-16(31-14)19(2,3)27-17(11)29/h7-8,10,13H,5-6,9H2,1-4H3,(H,27,29)(H,24,25,26). The van der Waals surface area contributed by atoms with E-state index in [0.29, 0.717) is 21.2 Å². The van der Waals surface area contributed by atoms with Crippen LogP contribution < -0.4 is 10.6 Å². The van der Waals surface area contributed by atoms with Crippen LogP contribution in [0.1, 0.15) is 48.0 Å². The van der Waals surface area contributed by atoms with Gasteiger partial charge in [0.1, 0.15) is 5.56 Å². The van der Waals surface area contributed by atoms with Crippen LogP contribution in [0.5, 0.6) is 0 Å². The van der Waals surface area contributed by atoms with E-state index in [4.69, 9.17) is 0 Å². The smallest absolute Gasteiger partial charge is 0.351 e. The van der Waals surface area contributed by atoms with Crippen molar-refractivity contribution in [2.45, 2.75) is 44.9 Å². The summed E-state index contributed by atoms with van der Waals surface area (Å²) in [5.41, 5.74) is -1.31. The molecule has 2 aliphatic rings. The van der Waals surface area contributed by atoms with Gasteiger partial charge in [-0.05, 0) is 38.5 Å². The highest BCUT2D eigenvalue weighted by atomic mass is 32.2. The third kappa shape index (κ3) is 4.27. The molecule has 168 valence electrons. The van der Waals surface area contributed by atoms with Crippen molar-refractivity contribution in [1.29, 1.82) is 0 Å². The van der Waals surface area contributed by atoms with Gasteiger partial charge in [-0.2, -0.15) is 13.2 Å². The van der Waals surface area contributed by atoms with Crippen molar-refractivity contribution >= 4 is 35.1 Å². The first-order chi connectivity index (χ1) is 14.5. The maximum atomic E-state index is 13.7. The summed E-state index contributed by atoms with van der Waals surface area (Å²) in [6.45, 7) is 7.54. The van der Waals surface area contributed by atoms with Gasteiger partial charge in [0.2, 0.25) is 5.95 Å². The molecule has 2 atom stereocenters. The lowest BCUT2D eigenvalue weighted by Crippen LogP contribution is -2.42. The van der Waals surface area contributed by atoms with Gasteiger partial charge in [0.25, 0.3) is 5.91 Å².